The summed E-state index contributed by atoms with van der Waals surface area (Å²) in [7, 11) is 3.25. The van der Waals surface area contributed by atoms with Crippen LogP contribution in [0.3, 0.4) is 0 Å². The van der Waals surface area contributed by atoms with Crippen molar-refractivity contribution >= 4 is 5.91 Å². The normalized spacial score (nSPS) is 19.4. The first-order valence-electron chi connectivity index (χ1n) is 5.24. The molecule has 0 spiro atoms. The van der Waals surface area contributed by atoms with E-state index in [2.05, 4.69) is 5.32 Å². The molecule has 1 N–H and O–H groups in total. The number of amides is 1. The Morgan fingerprint density at radius 3 is 2.31 bits per heavy atom. The van der Waals surface area contributed by atoms with Crippen LogP contribution in [0.1, 0.15) is 17.9 Å². The third-order valence-corrected chi connectivity index (χ3v) is 2.85. The quantitative estimate of drug-likeness (QED) is 0.837. The molecule has 1 fully saturated rings. The van der Waals surface area contributed by atoms with E-state index in [4.69, 9.17) is 9.47 Å². The molecular weight excluding hydrogens is 206 g/mol. The van der Waals surface area contributed by atoms with Gasteiger partial charge in [0.2, 0.25) is 5.91 Å². The summed E-state index contributed by atoms with van der Waals surface area (Å²) in [4.78, 5) is 11.2. The van der Waals surface area contributed by atoms with Crippen molar-refractivity contribution in [2.75, 3.05) is 20.8 Å². The van der Waals surface area contributed by atoms with E-state index in [1.54, 1.807) is 14.2 Å². The summed E-state index contributed by atoms with van der Waals surface area (Å²) in [6.07, 6.45) is 0.497. The largest absolute Gasteiger partial charge is 0.496 e. The molecular formula is C12H15NO3. The Kier molecular flexibility index (Phi) is 2.99. The fourth-order valence-corrected chi connectivity index (χ4v) is 2.09. The van der Waals surface area contributed by atoms with Crippen molar-refractivity contribution in [2.24, 2.45) is 0 Å². The summed E-state index contributed by atoms with van der Waals surface area (Å²) in [5.41, 5.74) is 0.978. The predicted molar refractivity (Wildman–Crippen MR) is 59.9 cm³/mol. The lowest BCUT2D eigenvalue weighted by atomic mass is 9.96. The Labute approximate surface area is 94.6 Å². The zero-order valence-electron chi connectivity index (χ0n) is 9.45. The van der Waals surface area contributed by atoms with Gasteiger partial charge in [-0.3, -0.25) is 4.79 Å². The molecule has 1 unspecified atom stereocenters. The molecule has 0 bridgehead atoms. The van der Waals surface area contributed by atoms with Crippen LogP contribution in [-0.4, -0.2) is 26.7 Å². The van der Waals surface area contributed by atoms with Crippen molar-refractivity contribution in [3.8, 4) is 11.5 Å². The molecule has 0 saturated carbocycles. The Bertz CT molecular complexity index is 381. The Balaban J connectivity index is 2.40. The van der Waals surface area contributed by atoms with E-state index in [-0.39, 0.29) is 11.8 Å². The molecule has 0 aliphatic carbocycles. The maximum Gasteiger partial charge on any atom is 0.220 e. The molecule has 1 aromatic rings. The van der Waals surface area contributed by atoms with Crippen molar-refractivity contribution in [2.45, 2.75) is 12.3 Å². The fraction of sp³-hybridized carbons (Fsp3) is 0.417. The van der Waals surface area contributed by atoms with E-state index in [0.29, 0.717) is 13.0 Å². The second-order valence-corrected chi connectivity index (χ2v) is 3.78. The van der Waals surface area contributed by atoms with Gasteiger partial charge in [0.05, 0.1) is 14.2 Å². The summed E-state index contributed by atoms with van der Waals surface area (Å²) in [6, 6.07) is 5.66. The molecule has 1 heterocycles. The standard InChI is InChI=1S/C12H15NO3/c1-15-9-4-3-5-10(16-2)12(9)8-6-11(14)13-7-8/h3-5,8H,6-7H2,1-2H3,(H,13,14). The SMILES string of the molecule is COc1cccc(OC)c1C1CNC(=O)C1. The monoisotopic (exact) mass is 221 g/mol. The van der Waals surface area contributed by atoms with Gasteiger partial charge < -0.3 is 14.8 Å². The van der Waals surface area contributed by atoms with Crippen molar-refractivity contribution in [1.82, 2.24) is 5.32 Å². The van der Waals surface area contributed by atoms with Crippen molar-refractivity contribution in [1.29, 1.82) is 0 Å². The summed E-state index contributed by atoms with van der Waals surface area (Å²) in [5, 5.41) is 2.82. The van der Waals surface area contributed by atoms with Crippen LogP contribution in [0.15, 0.2) is 18.2 Å². The Hall–Kier alpha value is -1.71. The molecule has 1 aliphatic rings. The molecule has 1 atom stereocenters. The number of methoxy groups -OCH3 is 2. The smallest absolute Gasteiger partial charge is 0.220 e. The van der Waals surface area contributed by atoms with E-state index < -0.39 is 0 Å². The van der Waals surface area contributed by atoms with E-state index in [0.717, 1.165) is 17.1 Å². The van der Waals surface area contributed by atoms with Gasteiger partial charge in [-0.05, 0) is 12.1 Å². The number of hydrogen-bond donors (Lipinski definition) is 1. The number of benzene rings is 1. The molecule has 0 aromatic heterocycles. The van der Waals surface area contributed by atoms with Crippen LogP contribution in [0.25, 0.3) is 0 Å². The highest BCUT2D eigenvalue weighted by Gasteiger charge is 2.28. The van der Waals surface area contributed by atoms with Crippen LogP contribution in [-0.2, 0) is 4.79 Å². The van der Waals surface area contributed by atoms with Crippen molar-refractivity contribution in [3.05, 3.63) is 23.8 Å². The second kappa shape index (κ2) is 4.43. The minimum absolute atomic E-state index is 0.0814. The van der Waals surface area contributed by atoms with Gasteiger partial charge in [0, 0.05) is 24.4 Å². The summed E-state index contributed by atoms with van der Waals surface area (Å²) < 4.78 is 10.6. The third kappa shape index (κ3) is 1.83. The van der Waals surface area contributed by atoms with Crippen molar-refractivity contribution in [3.63, 3.8) is 0 Å². The van der Waals surface area contributed by atoms with Gasteiger partial charge >= 0.3 is 0 Å². The van der Waals surface area contributed by atoms with Gasteiger partial charge in [-0.2, -0.15) is 0 Å². The molecule has 1 aliphatic heterocycles. The van der Waals surface area contributed by atoms with Crippen molar-refractivity contribution < 1.29 is 14.3 Å². The number of rotatable bonds is 3. The lowest BCUT2D eigenvalue weighted by molar-refractivity contribution is -0.119. The van der Waals surface area contributed by atoms with Crippen LogP contribution in [0, 0.1) is 0 Å². The van der Waals surface area contributed by atoms with Gasteiger partial charge in [0.25, 0.3) is 0 Å². The van der Waals surface area contributed by atoms with Gasteiger partial charge in [-0.25, -0.2) is 0 Å². The highest BCUT2D eigenvalue weighted by molar-refractivity contribution is 5.80. The zero-order valence-corrected chi connectivity index (χ0v) is 9.45. The third-order valence-electron chi connectivity index (χ3n) is 2.85. The summed E-state index contributed by atoms with van der Waals surface area (Å²) in [6.45, 7) is 0.648. The highest BCUT2D eigenvalue weighted by Crippen LogP contribution is 2.37. The molecule has 2 rings (SSSR count). The van der Waals surface area contributed by atoms with E-state index in [9.17, 15) is 4.79 Å². The Morgan fingerprint density at radius 2 is 1.88 bits per heavy atom. The highest BCUT2D eigenvalue weighted by atomic mass is 16.5. The molecule has 1 saturated heterocycles. The second-order valence-electron chi connectivity index (χ2n) is 3.78. The zero-order chi connectivity index (χ0) is 11.5. The number of carbonyl (C=O) groups excluding carboxylic acids is 1. The Morgan fingerprint density at radius 1 is 1.25 bits per heavy atom. The van der Waals surface area contributed by atoms with Crippen LogP contribution < -0.4 is 14.8 Å². The fourth-order valence-electron chi connectivity index (χ4n) is 2.09. The molecule has 4 heteroatoms. The van der Waals surface area contributed by atoms with Gasteiger partial charge in [0.15, 0.2) is 0 Å². The van der Waals surface area contributed by atoms with Crippen LogP contribution in [0.2, 0.25) is 0 Å². The summed E-state index contributed by atoms with van der Waals surface area (Å²) >= 11 is 0. The van der Waals surface area contributed by atoms with E-state index in [1.165, 1.54) is 0 Å². The van der Waals surface area contributed by atoms with Crippen LogP contribution >= 0.6 is 0 Å². The average Bonchev–Trinajstić information content (AvgIpc) is 2.74. The number of nitrogens with one attached hydrogen (secondary N) is 1. The lowest BCUT2D eigenvalue weighted by Crippen LogP contribution is -2.13. The summed E-state index contributed by atoms with van der Waals surface area (Å²) in [5.74, 6) is 1.78. The predicted octanol–water partition coefficient (Wildman–Crippen LogP) is 1.31. The van der Waals surface area contributed by atoms with E-state index in [1.807, 2.05) is 18.2 Å². The minimum atomic E-state index is 0.0814. The first-order valence-corrected chi connectivity index (χ1v) is 5.24. The molecule has 1 amide bonds. The molecule has 0 radical (unpaired) electrons. The van der Waals surface area contributed by atoms with Gasteiger partial charge in [-0.15, -0.1) is 0 Å². The number of hydrogen-bond acceptors (Lipinski definition) is 3. The van der Waals surface area contributed by atoms with Gasteiger partial charge in [0.1, 0.15) is 11.5 Å². The maximum absolute atomic E-state index is 11.2. The van der Waals surface area contributed by atoms with Crippen LogP contribution in [0.5, 0.6) is 11.5 Å². The van der Waals surface area contributed by atoms with Gasteiger partial charge in [-0.1, -0.05) is 6.07 Å². The minimum Gasteiger partial charge on any atom is -0.496 e. The molecule has 4 nitrogen and oxygen atoms in total. The number of carbonyl (C=O) groups is 1. The first kappa shape index (κ1) is 10.8. The molecule has 16 heavy (non-hydrogen) atoms. The number of ether oxygens (including phenoxy) is 2. The average molecular weight is 221 g/mol. The molecule has 1 aromatic carbocycles. The van der Waals surface area contributed by atoms with Crippen LogP contribution in [0.4, 0.5) is 0 Å². The maximum atomic E-state index is 11.2. The molecule has 86 valence electrons. The first-order chi connectivity index (χ1) is 7.76. The lowest BCUT2D eigenvalue weighted by Gasteiger charge is -2.16. The topological polar surface area (TPSA) is 47.6 Å². The van der Waals surface area contributed by atoms with E-state index >= 15 is 0 Å².